The Balaban J connectivity index is 1.95. The molecule has 25 heavy (non-hydrogen) atoms. The van der Waals surface area contributed by atoms with Crippen LogP contribution in [0.2, 0.25) is 0 Å². The first-order chi connectivity index (χ1) is 12.2. The van der Waals surface area contributed by atoms with E-state index in [1.807, 2.05) is 16.7 Å². The van der Waals surface area contributed by atoms with Crippen LogP contribution in [0.1, 0.15) is 12.8 Å². The molecular weight excluding hydrogens is 386 g/mol. The molecule has 1 amide bonds. The van der Waals surface area contributed by atoms with Gasteiger partial charge >= 0.3 is 0 Å². The Kier molecular flexibility index (Phi) is 5.60. The van der Waals surface area contributed by atoms with Gasteiger partial charge in [0.2, 0.25) is 0 Å². The van der Waals surface area contributed by atoms with Crippen LogP contribution in [0.25, 0.3) is 11.5 Å². The molecule has 0 aromatic carbocycles. The number of ether oxygens (including phenoxy) is 1. The molecule has 130 valence electrons. The number of allylic oxidation sites excluding steroid dienone is 1. The van der Waals surface area contributed by atoms with Crippen molar-refractivity contribution in [2.24, 2.45) is 0 Å². The fraction of sp³-hybridized carbons (Fsp3) is 0.294. The smallest absolute Gasteiger partial charge is 0.259 e. The van der Waals surface area contributed by atoms with Gasteiger partial charge in [-0.1, -0.05) is 28.6 Å². The van der Waals surface area contributed by atoms with Gasteiger partial charge in [-0.15, -0.1) is 10.2 Å². The average Bonchev–Trinajstić information content (AvgIpc) is 3.08. The van der Waals surface area contributed by atoms with Gasteiger partial charge in [-0.25, -0.2) is 4.98 Å². The Bertz CT molecular complexity index is 815. The molecule has 2 bridgehead atoms. The maximum atomic E-state index is 12.5. The van der Waals surface area contributed by atoms with E-state index < -0.39 is 0 Å². The van der Waals surface area contributed by atoms with E-state index >= 15 is 0 Å². The van der Waals surface area contributed by atoms with Crippen LogP contribution in [0.4, 0.5) is 5.82 Å². The molecule has 0 aliphatic carbocycles. The SMILES string of the molecule is C=C1C(=O)Nc2cccc(n2)-c2nncn2CCCCO/C1=C/CBr. The van der Waals surface area contributed by atoms with Gasteiger partial charge in [-0.3, -0.25) is 4.79 Å². The minimum Gasteiger partial charge on any atom is -0.493 e. The summed E-state index contributed by atoms with van der Waals surface area (Å²) in [6.07, 6.45) is 5.20. The largest absolute Gasteiger partial charge is 0.493 e. The molecule has 2 aromatic heterocycles. The molecule has 0 spiro atoms. The number of hydrogen-bond donors (Lipinski definition) is 1. The number of halogens is 1. The van der Waals surface area contributed by atoms with Crippen molar-refractivity contribution >= 4 is 27.7 Å². The number of carbonyl (C=O) groups excluding carboxylic acids is 1. The molecule has 7 nitrogen and oxygen atoms in total. The molecule has 8 heteroatoms. The number of aryl methyl sites for hydroxylation is 1. The molecule has 3 rings (SSSR count). The Hall–Kier alpha value is -2.48. The lowest BCUT2D eigenvalue weighted by molar-refractivity contribution is -0.112. The minimum absolute atomic E-state index is 0.270. The van der Waals surface area contributed by atoms with Crippen molar-refractivity contribution in [3.63, 3.8) is 0 Å². The van der Waals surface area contributed by atoms with Crippen LogP contribution in [-0.2, 0) is 16.1 Å². The van der Waals surface area contributed by atoms with E-state index in [0.29, 0.717) is 35.0 Å². The number of pyridine rings is 1. The molecular formula is C17H18BrN5O2. The number of nitrogens with one attached hydrogen (secondary N) is 1. The summed E-state index contributed by atoms with van der Waals surface area (Å²) >= 11 is 3.33. The van der Waals surface area contributed by atoms with Crippen molar-refractivity contribution in [1.29, 1.82) is 0 Å². The molecule has 0 unspecified atom stereocenters. The Morgan fingerprint density at radius 2 is 2.28 bits per heavy atom. The lowest BCUT2D eigenvalue weighted by Crippen LogP contribution is -2.18. The fourth-order valence-corrected chi connectivity index (χ4v) is 2.75. The van der Waals surface area contributed by atoms with Gasteiger partial charge in [-0.05, 0) is 31.1 Å². The van der Waals surface area contributed by atoms with E-state index in [2.05, 4.69) is 43.0 Å². The average molecular weight is 404 g/mol. The second-order valence-corrected chi connectivity index (χ2v) is 6.11. The van der Waals surface area contributed by atoms with E-state index in [1.54, 1.807) is 18.5 Å². The number of anilines is 1. The Morgan fingerprint density at radius 3 is 3.12 bits per heavy atom. The maximum Gasteiger partial charge on any atom is 0.259 e. The topological polar surface area (TPSA) is 81.9 Å². The molecule has 0 saturated heterocycles. The van der Waals surface area contributed by atoms with Crippen LogP contribution in [0, 0.1) is 0 Å². The number of alkyl halides is 1. The van der Waals surface area contributed by atoms with Crippen LogP contribution < -0.4 is 5.32 Å². The Morgan fingerprint density at radius 1 is 1.40 bits per heavy atom. The molecule has 0 saturated carbocycles. The summed E-state index contributed by atoms with van der Waals surface area (Å²) in [5.41, 5.74) is 0.928. The van der Waals surface area contributed by atoms with Crippen LogP contribution in [0.3, 0.4) is 0 Å². The standard InChI is InChI=1S/C17H18BrN5O2/c1-12-14(7-8-18)25-10-3-2-9-23-11-19-22-16(23)13-5-4-6-15(20-13)21-17(12)24/h4-7,11H,1-3,8-10H2,(H,20,21,24)/b14-7+. The number of hydrogen-bond acceptors (Lipinski definition) is 5. The van der Waals surface area contributed by atoms with Crippen LogP contribution in [0.5, 0.6) is 0 Å². The van der Waals surface area contributed by atoms with Gasteiger partial charge in [0, 0.05) is 11.9 Å². The summed E-state index contributed by atoms with van der Waals surface area (Å²) in [6, 6.07) is 5.38. The number of aromatic nitrogens is 4. The predicted molar refractivity (Wildman–Crippen MR) is 98.1 cm³/mol. The monoisotopic (exact) mass is 403 g/mol. The first-order valence-corrected chi connectivity index (χ1v) is 9.06. The van der Waals surface area contributed by atoms with Gasteiger partial charge in [-0.2, -0.15) is 0 Å². The van der Waals surface area contributed by atoms with E-state index in [-0.39, 0.29) is 11.5 Å². The molecule has 1 N–H and O–H groups in total. The zero-order valence-electron chi connectivity index (χ0n) is 13.6. The van der Waals surface area contributed by atoms with Crippen molar-refractivity contribution in [2.75, 3.05) is 17.3 Å². The first-order valence-electron chi connectivity index (χ1n) is 7.94. The number of rotatable bonds is 1. The molecule has 1 aliphatic heterocycles. The van der Waals surface area contributed by atoms with Gasteiger partial charge in [0.1, 0.15) is 23.6 Å². The van der Waals surface area contributed by atoms with Crippen LogP contribution in [0.15, 0.2) is 48.5 Å². The molecule has 1 aliphatic rings. The number of carbonyl (C=O) groups is 1. The summed E-state index contributed by atoms with van der Waals surface area (Å²) in [6.45, 7) is 5.12. The highest BCUT2D eigenvalue weighted by Gasteiger charge is 2.16. The van der Waals surface area contributed by atoms with Crippen molar-refractivity contribution in [3.05, 3.63) is 48.5 Å². The summed E-state index contributed by atoms with van der Waals surface area (Å²) in [4.78, 5) is 16.9. The lowest BCUT2D eigenvalue weighted by Gasteiger charge is -2.14. The summed E-state index contributed by atoms with van der Waals surface area (Å²) in [7, 11) is 0. The number of fused-ring (bicyclic) bond motifs is 4. The van der Waals surface area contributed by atoms with Gasteiger partial charge in [0.05, 0.1) is 12.2 Å². The van der Waals surface area contributed by atoms with Crippen LogP contribution >= 0.6 is 15.9 Å². The number of nitrogens with zero attached hydrogens (tertiary/aromatic N) is 4. The van der Waals surface area contributed by atoms with Crippen molar-refractivity contribution in [1.82, 2.24) is 19.7 Å². The van der Waals surface area contributed by atoms with Gasteiger partial charge in [0.15, 0.2) is 5.82 Å². The summed E-state index contributed by atoms with van der Waals surface area (Å²) < 4.78 is 7.70. The molecule has 2 aromatic rings. The van der Waals surface area contributed by atoms with Crippen molar-refractivity contribution in [3.8, 4) is 11.5 Å². The third-order valence-corrected chi connectivity index (χ3v) is 4.04. The predicted octanol–water partition coefficient (Wildman–Crippen LogP) is 2.92. The third kappa shape index (κ3) is 4.14. The Labute approximate surface area is 153 Å². The zero-order chi connectivity index (χ0) is 17.6. The molecule has 3 heterocycles. The molecule has 0 atom stereocenters. The van der Waals surface area contributed by atoms with Crippen LogP contribution in [-0.4, -0.2) is 37.6 Å². The second kappa shape index (κ2) is 8.06. The number of amides is 1. The second-order valence-electron chi connectivity index (χ2n) is 5.47. The minimum atomic E-state index is -0.352. The lowest BCUT2D eigenvalue weighted by atomic mass is 10.2. The molecule has 0 fully saturated rings. The fourth-order valence-electron chi connectivity index (χ4n) is 2.46. The highest BCUT2D eigenvalue weighted by Crippen LogP contribution is 2.19. The first kappa shape index (κ1) is 17.3. The highest BCUT2D eigenvalue weighted by molar-refractivity contribution is 9.09. The van der Waals surface area contributed by atoms with Gasteiger partial charge < -0.3 is 14.6 Å². The zero-order valence-corrected chi connectivity index (χ0v) is 15.2. The van der Waals surface area contributed by atoms with E-state index in [4.69, 9.17) is 4.74 Å². The third-order valence-electron chi connectivity index (χ3n) is 3.72. The summed E-state index contributed by atoms with van der Waals surface area (Å²) in [5, 5.41) is 11.4. The van der Waals surface area contributed by atoms with Crippen molar-refractivity contribution in [2.45, 2.75) is 19.4 Å². The van der Waals surface area contributed by atoms with E-state index in [0.717, 1.165) is 19.4 Å². The van der Waals surface area contributed by atoms with Crippen molar-refractivity contribution < 1.29 is 9.53 Å². The molecule has 0 radical (unpaired) electrons. The normalized spacial score (nSPS) is 17.4. The quantitative estimate of drug-likeness (QED) is 0.584. The van der Waals surface area contributed by atoms with Gasteiger partial charge in [0.25, 0.3) is 5.91 Å². The van der Waals surface area contributed by atoms with E-state index in [1.165, 1.54) is 0 Å². The maximum absolute atomic E-state index is 12.5. The highest BCUT2D eigenvalue weighted by atomic mass is 79.9. The summed E-state index contributed by atoms with van der Waals surface area (Å²) in [5.74, 6) is 1.23. The van der Waals surface area contributed by atoms with E-state index in [9.17, 15) is 4.79 Å².